The number of benzene rings is 1. The van der Waals surface area contributed by atoms with Gasteiger partial charge in [0.25, 0.3) is 0 Å². The van der Waals surface area contributed by atoms with Crippen LogP contribution < -0.4 is 0 Å². The summed E-state index contributed by atoms with van der Waals surface area (Å²) in [5.41, 5.74) is 2.70. The molecule has 0 heterocycles. The lowest BCUT2D eigenvalue weighted by Crippen LogP contribution is -2.25. The Balaban J connectivity index is 1.13. The van der Waals surface area contributed by atoms with Gasteiger partial charge in [-0.05, 0) is 123 Å². The molecule has 0 heteroatoms. The summed E-state index contributed by atoms with van der Waals surface area (Å²) in [6.45, 7) is 4.65. The summed E-state index contributed by atoms with van der Waals surface area (Å²) < 4.78 is 0. The lowest BCUT2D eigenvalue weighted by Gasteiger charge is -2.37. The average molecular weight is 501 g/mol. The van der Waals surface area contributed by atoms with Crippen molar-refractivity contribution >= 4 is 0 Å². The predicted molar refractivity (Wildman–Crippen MR) is 162 cm³/mol. The number of rotatable bonds is 10. The van der Waals surface area contributed by atoms with E-state index >= 15 is 0 Å². The molecule has 3 fully saturated rings. The van der Waals surface area contributed by atoms with Crippen molar-refractivity contribution in [3.8, 4) is 11.8 Å². The summed E-state index contributed by atoms with van der Waals surface area (Å²) in [6.07, 6.45) is 32.0. The first-order chi connectivity index (χ1) is 18.2. The normalized spacial score (nSPS) is 30.6. The molecule has 1 aromatic carbocycles. The van der Waals surface area contributed by atoms with Crippen LogP contribution in [0.15, 0.2) is 36.4 Å². The van der Waals surface area contributed by atoms with E-state index in [1.807, 2.05) is 0 Å². The third-order valence-electron chi connectivity index (χ3n) is 10.4. The molecular formula is C37H56. The summed E-state index contributed by atoms with van der Waals surface area (Å²) >= 11 is 0. The minimum atomic E-state index is 0.755. The first-order valence-corrected chi connectivity index (χ1v) is 16.5. The van der Waals surface area contributed by atoms with Crippen molar-refractivity contribution in [3.05, 3.63) is 47.5 Å². The van der Waals surface area contributed by atoms with E-state index in [1.54, 1.807) is 0 Å². The Morgan fingerprint density at radius 1 is 0.649 bits per heavy atom. The Kier molecular flexibility index (Phi) is 12.2. The average Bonchev–Trinajstić information content (AvgIpc) is 2.95. The Bertz CT molecular complexity index is 824. The maximum Gasteiger partial charge on any atom is 0.0249 e. The van der Waals surface area contributed by atoms with Gasteiger partial charge >= 0.3 is 0 Å². The van der Waals surface area contributed by atoms with Gasteiger partial charge in [-0.1, -0.05) is 102 Å². The predicted octanol–water partition coefficient (Wildman–Crippen LogP) is 11.3. The van der Waals surface area contributed by atoms with Gasteiger partial charge in [-0.15, -0.1) is 0 Å². The molecule has 37 heavy (non-hydrogen) atoms. The highest BCUT2D eigenvalue weighted by molar-refractivity contribution is 5.39. The highest BCUT2D eigenvalue weighted by Gasteiger charge is 2.30. The molecule has 0 amide bonds. The van der Waals surface area contributed by atoms with Crippen molar-refractivity contribution in [2.24, 2.45) is 29.6 Å². The molecule has 204 valence electrons. The first kappa shape index (κ1) is 28.5. The summed E-state index contributed by atoms with van der Waals surface area (Å²) in [7, 11) is 0. The molecular weight excluding hydrogens is 444 g/mol. The van der Waals surface area contributed by atoms with Crippen LogP contribution in [0.2, 0.25) is 0 Å². The van der Waals surface area contributed by atoms with Crippen LogP contribution >= 0.6 is 0 Å². The van der Waals surface area contributed by atoms with Gasteiger partial charge in [0, 0.05) is 5.56 Å². The van der Waals surface area contributed by atoms with Crippen LogP contribution in [0.3, 0.4) is 0 Å². The molecule has 1 aromatic rings. The van der Waals surface area contributed by atoms with Gasteiger partial charge in [0.05, 0.1) is 0 Å². The fraction of sp³-hybridized carbons (Fsp3) is 0.730. The van der Waals surface area contributed by atoms with E-state index in [9.17, 15) is 0 Å². The summed E-state index contributed by atoms with van der Waals surface area (Å²) in [6, 6.07) is 9.19. The zero-order chi connectivity index (χ0) is 25.7. The maximum atomic E-state index is 3.39. The molecule has 0 atom stereocenters. The minimum Gasteiger partial charge on any atom is -0.0730 e. The van der Waals surface area contributed by atoms with Crippen molar-refractivity contribution in [2.45, 2.75) is 142 Å². The van der Waals surface area contributed by atoms with Crippen molar-refractivity contribution in [1.82, 2.24) is 0 Å². The SMILES string of the molecule is CCCCCC[C@H]1CC[C@H]([C@H]2CC[C@H](C=CC#Cc3ccc([C@H]4CC[C@H](CCC)CC4)cc3)CC2)CC1. The third-order valence-corrected chi connectivity index (χ3v) is 10.4. The molecule has 3 aliphatic rings. The van der Waals surface area contributed by atoms with Gasteiger partial charge in [-0.25, -0.2) is 0 Å². The number of unbranched alkanes of at least 4 members (excludes halogenated alkanes) is 3. The van der Waals surface area contributed by atoms with Crippen molar-refractivity contribution < 1.29 is 0 Å². The molecule has 0 saturated heterocycles. The van der Waals surface area contributed by atoms with Crippen LogP contribution in [-0.2, 0) is 0 Å². The standard InChI is InChI=1S/C37H56/c1-3-5-6-7-11-31-16-24-36(25-17-31)37-28-20-33(21-29-37)13-9-8-12-32-18-26-35(27-19-32)34-22-14-30(10-4-2)15-23-34/h9,13,18-19,26-27,30-31,33-34,36-37H,3-7,10-11,14-17,20-25,28-29H2,1-2H3/t30-,31-,33-,34-,36-,37-. The lowest BCUT2D eigenvalue weighted by atomic mass is 9.68. The molecule has 0 unspecified atom stereocenters. The minimum absolute atomic E-state index is 0.755. The van der Waals surface area contributed by atoms with E-state index in [-0.39, 0.29) is 0 Å². The van der Waals surface area contributed by atoms with Crippen molar-refractivity contribution in [3.63, 3.8) is 0 Å². The van der Waals surface area contributed by atoms with Crippen LogP contribution in [0.25, 0.3) is 0 Å². The molecule has 0 aliphatic heterocycles. The van der Waals surface area contributed by atoms with Crippen molar-refractivity contribution in [1.29, 1.82) is 0 Å². The van der Waals surface area contributed by atoms with E-state index in [0.717, 1.165) is 41.1 Å². The molecule has 0 spiro atoms. The highest BCUT2D eigenvalue weighted by Crippen LogP contribution is 2.42. The summed E-state index contributed by atoms with van der Waals surface area (Å²) in [4.78, 5) is 0. The van der Waals surface area contributed by atoms with Gasteiger partial charge in [-0.2, -0.15) is 0 Å². The van der Waals surface area contributed by atoms with Gasteiger partial charge in [-0.3, -0.25) is 0 Å². The number of allylic oxidation sites excluding steroid dienone is 2. The highest BCUT2D eigenvalue weighted by atomic mass is 14.4. The second-order valence-corrected chi connectivity index (χ2v) is 13.1. The third kappa shape index (κ3) is 9.34. The lowest BCUT2D eigenvalue weighted by molar-refractivity contribution is 0.151. The Labute approximate surface area is 230 Å². The number of hydrogen-bond acceptors (Lipinski definition) is 0. The van der Waals surface area contributed by atoms with E-state index in [2.05, 4.69) is 62.1 Å². The topological polar surface area (TPSA) is 0 Å². The zero-order valence-electron chi connectivity index (χ0n) is 24.4. The van der Waals surface area contributed by atoms with Crippen LogP contribution in [0.1, 0.15) is 153 Å². The van der Waals surface area contributed by atoms with Gasteiger partial charge < -0.3 is 0 Å². The maximum absolute atomic E-state index is 3.39. The molecule has 0 bridgehead atoms. The Hall–Kier alpha value is -1.48. The van der Waals surface area contributed by atoms with Gasteiger partial charge in [0.15, 0.2) is 0 Å². The quantitative estimate of drug-likeness (QED) is 0.221. The molecule has 3 aliphatic carbocycles. The molecule has 0 aromatic heterocycles. The summed E-state index contributed by atoms with van der Waals surface area (Å²) in [5.74, 6) is 12.3. The Morgan fingerprint density at radius 2 is 1.27 bits per heavy atom. The monoisotopic (exact) mass is 500 g/mol. The molecule has 0 radical (unpaired) electrons. The molecule has 3 saturated carbocycles. The van der Waals surface area contributed by atoms with Crippen LogP contribution in [0.4, 0.5) is 0 Å². The second-order valence-electron chi connectivity index (χ2n) is 13.1. The van der Waals surface area contributed by atoms with Crippen LogP contribution in [0.5, 0.6) is 0 Å². The summed E-state index contributed by atoms with van der Waals surface area (Å²) in [5, 5.41) is 0. The van der Waals surface area contributed by atoms with Gasteiger partial charge in [0.1, 0.15) is 0 Å². The molecule has 0 nitrogen and oxygen atoms in total. The second kappa shape index (κ2) is 15.8. The molecule has 4 rings (SSSR count). The van der Waals surface area contributed by atoms with Crippen molar-refractivity contribution in [2.75, 3.05) is 0 Å². The number of hydrogen-bond donors (Lipinski definition) is 0. The first-order valence-electron chi connectivity index (χ1n) is 16.5. The van der Waals surface area contributed by atoms with Gasteiger partial charge in [0.2, 0.25) is 0 Å². The fourth-order valence-corrected chi connectivity index (χ4v) is 7.96. The van der Waals surface area contributed by atoms with Crippen LogP contribution in [-0.4, -0.2) is 0 Å². The van der Waals surface area contributed by atoms with E-state index in [4.69, 9.17) is 0 Å². The van der Waals surface area contributed by atoms with E-state index < -0.39 is 0 Å². The van der Waals surface area contributed by atoms with E-state index in [1.165, 1.54) is 128 Å². The molecule has 0 N–H and O–H groups in total. The fourth-order valence-electron chi connectivity index (χ4n) is 7.96. The van der Waals surface area contributed by atoms with E-state index in [0.29, 0.717) is 0 Å². The zero-order valence-corrected chi connectivity index (χ0v) is 24.4. The van der Waals surface area contributed by atoms with Crippen LogP contribution in [0, 0.1) is 41.4 Å². The smallest absolute Gasteiger partial charge is 0.0249 e. The Morgan fingerprint density at radius 3 is 1.92 bits per heavy atom. The largest absolute Gasteiger partial charge is 0.0730 e.